The molecule has 1 fully saturated rings. The minimum absolute atomic E-state index is 0.0335. The zero-order valence-corrected chi connectivity index (χ0v) is 21.0. The summed E-state index contributed by atoms with van der Waals surface area (Å²) in [6.45, 7) is 2.90. The molecular weight excluding hydrogens is 456 g/mol. The zero-order valence-electron chi connectivity index (χ0n) is 21.0. The Kier molecular flexibility index (Phi) is 7.88. The fourth-order valence-corrected chi connectivity index (χ4v) is 5.04. The molecule has 2 amide bonds. The molecule has 2 aromatic carbocycles. The largest absolute Gasteiger partial charge is 0.469 e. The molecule has 1 aliphatic rings. The number of esters is 1. The molecule has 36 heavy (non-hydrogen) atoms. The van der Waals surface area contributed by atoms with Gasteiger partial charge in [-0.15, -0.1) is 0 Å². The van der Waals surface area contributed by atoms with Crippen LogP contribution in [0.5, 0.6) is 0 Å². The molecule has 4 rings (SSSR count). The molecular formula is C29H32N2O5. The van der Waals surface area contributed by atoms with Gasteiger partial charge in [-0.1, -0.05) is 42.5 Å². The third kappa shape index (κ3) is 5.35. The van der Waals surface area contributed by atoms with Crippen LogP contribution in [0.1, 0.15) is 55.2 Å². The number of benzene rings is 2. The van der Waals surface area contributed by atoms with Gasteiger partial charge >= 0.3 is 5.97 Å². The van der Waals surface area contributed by atoms with Crippen LogP contribution in [0.2, 0.25) is 0 Å². The van der Waals surface area contributed by atoms with E-state index in [4.69, 9.17) is 9.15 Å². The number of amides is 2. The number of furan rings is 1. The first-order chi connectivity index (χ1) is 17.4. The summed E-state index contributed by atoms with van der Waals surface area (Å²) in [6.07, 6.45) is 3.78. The second kappa shape index (κ2) is 11.2. The molecule has 7 heteroatoms. The third-order valence-electron chi connectivity index (χ3n) is 7.13. The highest BCUT2D eigenvalue weighted by molar-refractivity contribution is 6.05. The highest BCUT2D eigenvalue weighted by Gasteiger charge is 2.34. The molecule has 0 N–H and O–H groups in total. The lowest BCUT2D eigenvalue weighted by Crippen LogP contribution is -2.48. The number of carbonyl (C=O) groups excluding carboxylic acids is 3. The van der Waals surface area contributed by atoms with E-state index >= 15 is 0 Å². The number of piperidine rings is 1. The lowest BCUT2D eigenvalue weighted by atomic mass is 9.84. The molecule has 2 heterocycles. The molecule has 1 saturated heterocycles. The van der Waals surface area contributed by atoms with Gasteiger partial charge in [0.25, 0.3) is 11.8 Å². The molecule has 0 saturated carbocycles. The summed E-state index contributed by atoms with van der Waals surface area (Å²) in [5.41, 5.74) is 2.36. The smallest absolute Gasteiger partial charge is 0.338 e. The van der Waals surface area contributed by atoms with E-state index in [9.17, 15) is 14.4 Å². The lowest BCUT2D eigenvalue weighted by molar-refractivity contribution is 0.0515. The van der Waals surface area contributed by atoms with Crippen molar-refractivity contribution in [1.82, 2.24) is 9.80 Å². The summed E-state index contributed by atoms with van der Waals surface area (Å²) in [4.78, 5) is 42.4. The summed E-state index contributed by atoms with van der Waals surface area (Å²) in [6, 6.07) is 18.6. The summed E-state index contributed by atoms with van der Waals surface area (Å²) in [5.74, 6) is 0.0629. The van der Waals surface area contributed by atoms with Crippen molar-refractivity contribution in [2.45, 2.75) is 32.2 Å². The van der Waals surface area contributed by atoms with Crippen molar-refractivity contribution in [3.8, 4) is 0 Å². The second-order valence-corrected chi connectivity index (χ2v) is 9.23. The molecule has 0 spiro atoms. The van der Waals surface area contributed by atoms with Gasteiger partial charge in [-0.3, -0.25) is 9.59 Å². The molecule has 0 unspecified atom stereocenters. The quantitative estimate of drug-likeness (QED) is 0.454. The van der Waals surface area contributed by atoms with Gasteiger partial charge in [-0.25, -0.2) is 4.79 Å². The first kappa shape index (κ1) is 25.2. The number of likely N-dealkylation sites (N-methyl/N-ethyl adjacent to an activating group) is 1. The second-order valence-electron chi connectivity index (χ2n) is 9.23. The first-order valence-corrected chi connectivity index (χ1v) is 12.2. The van der Waals surface area contributed by atoms with Crippen molar-refractivity contribution >= 4 is 17.8 Å². The highest BCUT2D eigenvalue weighted by atomic mass is 16.5. The van der Waals surface area contributed by atoms with E-state index in [1.807, 2.05) is 30.1 Å². The maximum Gasteiger partial charge on any atom is 0.338 e. The number of aryl methyl sites for hydroxylation is 1. The predicted octanol–water partition coefficient (Wildman–Crippen LogP) is 4.61. The van der Waals surface area contributed by atoms with E-state index < -0.39 is 5.97 Å². The fourth-order valence-electron chi connectivity index (χ4n) is 5.04. The Morgan fingerprint density at radius 2 is 1.61 bits per heavy atom. The van der Waals surface area contributed by atoms with Gasteiger partial charge in [-0.05, 0) is 55.9 Å². The molecule has 0 aliphatic carbocycles. The fraction of sp³-hybridized carbons (Fsp3) is 0.345. The molecule has 0 bridgehead atoms. The predicted molar refractivity (Wildman–Crippen MR) is 136 cm³/mol. The van der Waals surface area contributed by atoms with Gasteiger partial charge in [0.15, 0.2) is 0 Å². The van der Waals surface area contributed by atoms with E-state index in [2.05, 4.69) is 12.1 Å². The monoisotopic (exact) mass is 488 g/mol. The number of ether oxygens (including phenoxy) is 1. The summed E-state index contributed by atoms with van der Waals surface area (Å²) < 4.78 is 10.2. The van der Waals surface area contributed by atoms with Crippen molar-refractivity contribution in [2.24, 2.45) is 5.92 Å². The Morgan fingerprint density at radius 3 is 2.22 bits per heavy atom. The van der Waals surface area contributed by atoms with Gasteiger partial charge in [0.2, 0.25) is 0 Å². The van der Waals surface area contributed by atoms with E-state index in [-0.39, 0.29) is 29.3 Å². The number of rotatable bonds is 7. The molecule has 1 aromatic heterocycles. The van der Waals surface area contributed by atoms with Crippen LogP contribution >= 0.6 is 0 Å². The minimum Gasteiger partial charge on any atom is -0.469 e. The molecule has 1 aliphatic heterocycles. The zero-order chi connectivity index (χ0) is 25.7. The third-order valence-corrected chi connectivity index (χ3v) is 7.13. The van der Waals surface area contributed by atoms with Crippen LogP contribution in [0.25, 0.3) is 0 Å². The Bertz CT molecular complexity index is 1210. The molecule has 188 valence electrons. The number of methoxy groups -OCH3 is 1. The van der Waals surface area contributed by atoms with Crippen molar-refractivity contribution in [3.63, 3.8) is 0 Å². The number of nitrogens with zero attached hydrogens (tertiary/aromatic N) is 2. The number of carbonyl (C=O) groups is 3. The van der Waals surface area contributed by atoms with Crippen LogP contribution in [0.4, 0.5) is 0 Å². The molecule has 1 atom stereocenters. The first-order valence-electron chi connectivity index (χ1n) is 12.2. The van der Waals surface area contributed by atoms with E-state index in [1.165, 1.54) is 7.11 Å². The highest BCUT2D eigenvalue weighted by Crippen LogP contribution is 2.29. The van der Waals surface area contributed by atoms with Crippen molar-refractivity contribution in [2.75, 3.05) is 27.2 Å². The van der Waals surface area contributed by atoms with Crippen LogP contribution in [-0.4, -0.2) is 60.9 Å². The Balaban J connectivity index is 1.51. The average molecular weight is 489 g/mol. The summed E-state index contributed by atoms with van der Waals surface area (Å²) in [5, 5.41) is 0. The summed E-state index contributed by atoms with van der Waals surface area (Å²) in [7, 11) is 3.16. The van der Waals surface area contributed by atoms with Gasteiger partial charge in [0.1, 0.15) is 5.76 Å². The van der Waals surface area contributed by atoms with E-state index in [1.54, 1.807) is 48.4 Å². The normalized spacial score (nSPS) is 14.8. The van der Waals surface area contributed by atoms with Crippen LogP contribution in [0, 0.1) is 12.8 Å². The van der Waals surface area contributed by atoms with Crippen molar-refractivity contribution < 1.29 is 23.5 Å². The molecule has 3 aromatic rings. The van der Waals surface area contributed by atoms with Gasteiger partial charge < -0.3 is 19.0 Å². The molecule has 7 nitrogen and oxygen atoms in total. The summed E-state index contributed by atoms with van der Waals surface area (Å²) >= 11 is 0. The van der Waals surface area contributed by atoms with Crippen molar-refractivity contribution in [3.05, 3.63) is 94.9 Å². The Labute approximate surface area is 211 Å². The standard InChI is InChI=1S/C29H32N2O5/c1-20-23(15-18-36-20)27(32)30(2)26(19-21-9-5-4-6-10-21)22-13-16-31(17-14-22)28(33)24-11-7-8-12-25(24)29(34)35-3/h4-12,15,18,22,26H,13-14,16-17,19H2,1-3H3/t26-/m1/s1. The molecule has 0 radical (unpaired) electrons. The maximum atomic E-state index is 13.3. The van der Waals surface area contributed by atoms with Gasteiger partial charge in [-0.2, -0.15) is 0 Å². The Hall–Kier alpha value is -3.87. The van der Waals surface area contributed by atoms with E-state index in [0.29, 0.717) is 30.0 Å². The number of likely N-dealkylation sites (tertiary alicyclic amines) is 1. The van der Waals surface area contributed by atoms with Crippen molar-refractivity contribution in [1.29, 1.82) is 0 Å². The SMILES string of the molecule is COC(=O)c1ccccc1C(=O)N1CCC([C@@H](Cc2ccccc2)N(C)C(=O)c2ccoc2C)CC1. The van der Waals surface area contributed by atoms with Gasteiger partial charge in [0, 0.05) is 26.2 Å². The number of hydrogen-bond acceptors (Lipinski definition) is 5. The number of hydrogen-bond donors (Lipinski definition) is 0. The topological polar surface area (TPSA) is 80.1 Å². The van der Waals surface area contributed by atoms with Crippen LogP contribution in [0.3, 0.4) is 0 Å². The lowest BCUT2D eigenvalue weighted by Gasteiger charge is -2.40. The average Bonchev–Trinajstić information content (AvgIpc) is 3.36. The van der Waals surface area contributed by atoms with Gasteiger partial charge in [0.05, 0.1) is 30.1 Å². The van der Waals surface area contributed by atoms with E-state index in [0.717, 1.165) is 24.8 Å². The maximum absolute atomic E-state index is 13.3. The minimum atomic E-state index is -0.522. The van der Waals surface area contributed by atoms with Crippen LogP contribution in [-0.2, 0) is 11.2 Å². The Morgan fingerprint density at radius 1 is 0.972 bits per heavy atom. The van der Waals surface area contributed by atoms with Crippen LogP contribution in [0.15, 0.2) is 71.3 Å². The van der Waals surface area contributed by atoms with Crippen LogP contribution < -0.4 is 0 Å².